The van der Waals surface area contributed by atoms with Gasteiger partial charge in [-0.1, -0.05) is 6.58 Å². The van der Waals surface area contributed by atoms with E-state index in [1.54, 1.807) is 0 Å². The van der Waals surface area contributed by atoms with Crippen LogP contribution in [0.5, 0.6) is 0 Å². The zero-order valence-electron chi connectivity index (χ0n) is 9.60. The normalized spacial score (nSPS) is 6.62. The second kappa shape index (κ2) is 37.4. The van der Waals surface area contributed by atoms with Crippen LogP contribution in [0.25, 0.3) is 0 Å². The van der Waals surface area contributed by atoms with Crippen molar-refractivity contribution in [1.82, 2.24) is 0 Å². The molecular weight excluding hydrogens is 212 g/mol. The van der Waals surface area contributed by atoms with Gasteiger partial charge >= 0.3 is 5.97 Å². The molecule has 0 aliphatic carbocycles. The molecule has 0 unspecified atom stereocenters. The van der Waals surface area contributed by atoms with Crippen LogP contribution in [0.2, 0.25) is 0 Å². The van der Waals surface area contributed by atoms with Crippen molar-refractivity contribution in [3.05, 3.63) is 39.0 Å². The van der Waals surface area contributed by atoms with Gasteiger partial charge in [-0.05, 0) is 0 Å². The van der Waals surface area contributed by atoms with Gasteiger partial charge in [0, 0.05) is 6.08 Å². The van der Waals surface area contributed by atoms with Gasteiger partial charge in [0.2, 0.25) is 0 Å². The minimum absolute atomic E-state index is 0.0278. The molecule has 0 bridgehead atoms. The lowest BCUT2D eigenvalue weighted by Crippen LogP contribution is -2.03. The second-order valence-corrected chi connectivity index (χ2v) is 1.60. The van der Waals surface area contributed by atoms with Crippen LogP contribution in [-0.4, -0.2) is 47.7 Å². The second-order valence-electron chi connectivity index (χ2n) is 1.60. The molecule has 0 atom stereocenters. The van der Waals surface area contributed by atoms with Crippen molar-refractivity contribution >= 4 is 5.97 Å². The first kappa shape index (κ1) is 24.0. The minimum atomic E-state index is -0.981. The van der Waals surface area contributed by atoms with Crippen LogP contribution in [0.3, 0.4) is 0 Å². The van der Waals surface area contributed by atoms with Gasteiger partial charge in [-0.25, -0.2) is 4.79 Å². The van der Waals surface area contributed by atoms with E-state index < -0.39 is 5.97 Å². The Morgan fingerprint density at radius 1 is 1.06 bits per heavy atom. The Balaban J connectivity index is -0.0000000704. The fraction of sp³-hybridized carbons (Fsp3) is 0.364. The third-order valence-electron chi connectivity index (χ3n) is 0.646. The molecule has 0 radical (unpaired) electrons. The van der Waals surface area contributed by atoms with Gasteiger partial charge in [-0.3, -0.25) is 0 Å². The monoisotopic (exact) mass is 234 g/mol. The third kappa shape index (κ3) is 80.6. The molecule has 0 aliphatic rings. The highest BCUT2D eigenvalue weighted by Gasteiger charge is 1.79. The SMILES string of the molecule is C=C.C=C.C=CC(=O)O.OCCOCCO. The fourth-order valence-corrected chi connectivity index (χ4v) is 0.231. The van der Waals surface area contributed by atoms with E-state index in [-0.39, 0.29) is 13.2 Å². The zero-order chi connectivity index (χ0) is 13.8. The van der Waals surface area contributed by atoms with E-state index in [4.69, 9.17) is 15.3 Å². The van der Waals surface area contributed by atoms with Gasteiger partial charge < -0.3 is 20.1 Å². The van der Waals surface area contributed by atoms with Crippen molar-refractivity contribution in [2.45, 2.75) is 0 Å². The molecule has 96 valence electrons. The third-order valence-corrected chi connectivity index (χ3v) is 0.646. The van der Waals surface area contributed by atoms with Gasteiger partial charge in [0.1, 0.15) is 0 Å². The van der Waals surface area contributed by atoms with Crippen LogP contribution in [0, 0.1) is 0 Å². The number of aliphatic hydroxyl groups excluding tert-OH is 2. The minimum Gasteiger partial charge on any atom is -0.478 e. The number of carboxylic acids is 1. The number of carbonyl (C=O) groups is 1. The first-order valence-electron chi connectivity index (χ1n) is 4.33. The van der Waals surface area contributed by atoms with Crippen LogP contribution >= 0.6 is 0 Å². The summed E-state index contributed by atoms with van der Waals surface area (Å²) in [6, 6.07) is 0. The maximum Gasteiger partial charge on any atom is 0.327 e. The summed E-state index contributed by atoms with van der Waals surface area (Å²) in [7, 11) is 0. The molecule has 0 fully saturated rings. The Labute approximate surface area is 97.0 Å². The Bertz CT molecular complexity index is 130. The Hall–Kier alpha value is -1.43. The van der Waals surface area contributed by atoms with E-state index in [1.807, 2.05) is 0 Å². The highest BCUT2D eigenvalue weighted by Crippen LogP contribution is 1.68. The Morgan fingerprint density at radius 2 is 1.31 bits per heavy atom. The molecule has 0 aromatic rings. The average molecular weight is 234 g/mol. The molecule has 0 aromatic carbocycles. The van der Waals surface area contributed by atoms with E-state index in [0.29, 0.717) is 13.2 Å². The number of hydrogen-bond acceptors (Lipinski definition) is 4. The molecule has 5 nitrogen and oxygen atoms in total. The Kier molecular flexibility index (Phi) is 56.2. The molecule has 0 heterocycles. The average Bonchev–Trinajstić information content (AvgIpc) is 2.35. The largest absolute Gasteiger partial charge is 0.478 e. The smallest absolute Gasteiger partial charge is 0.327 e. The summed E-state index contributed by atoms with van der Waals surface area (Å²) in [4.78, 5) is 9.25. The number of ether oxygens (including phenoxy) is 1. The number of hydrogen-bond donors (Lipinski definition) is 3. The van der Waals surface area contributed by atoms with Gasteiger partial charge in [0.25, 0.3) is 0 Å². The maximum absolute atomic E-state index is 9.25. The molecule has 0 aliphatic heterocycles. The van der Waals surface area contributed by atoms with Crippen LogP contribution in [0.4, 0.5) is 0 Å². The van der Waals surface area contributed by atoms with Crippen LogP contribution in [0.1, 0.15) is 0 Å². The first-order valence-corrected chi connectivity index (χ1v) is 4.33. The highest BCUT2D eigenvalue weighted by molar-refractivity contribution is 5.78. The van der Waals surface area contributed by atoms with Gasteiger partial charge in [-0.2, -0.15) is 0 Å². The van der Waals surface area contributed by atoms with Crippen molar-refractivity contribution in [1.29, 1.82) is 0 Å². The quantitative estimate of drug-likeness (QED) is 0.373. The van der Waals surface area contributed by atoms with E-state index in [2.05, 4.69) is 37.6 Å². The number of aliphatic hydroxyl groups is 2. The summed E-state index contributed by atoms with van der Waals surface area (Å²) < 4.78 is 4.63. The summed E-state index contributed by atoms with van der Waals surface area (Å²) in [6.45, 7) is 15.7. The van der Waals surface area contributed by atoms with Crippen LogP contribution in [0.15, 0.2) is 39.0 Å². The molecular formula is C11H22O5. The number of aliphatic carboxylic acids is 1. The van der Waals surface area contributed by atoms with Crippen LogP contribution in [-0.2, 0) is 9.53 Å². The number of rotatable bonds is 5. The Morgan fingerprint density at radius 3 is 1.44 bits per heavy atom. The standard InChI is InChI=1S/C4H10O3.C3H4O2.2C2H4/c5-1-3-7-4-2-6;1-2-3(4)5;2*1-2/h5-6H,1-4H2;2H,1H2,(H,4,5);2*1-2H2. The molecule has 0 amide bonds. The van der Waals surface area contributed by atoms with E-state index in [0.717, 1.165) is 6.08 Å². The lowest BCUT2D eigenvalue weighted by molar-refractivity contribution is -0.131. The maximum atomic E-state index is 9.25. The molecule has 0 saturated carbocycles. The zero-order valence-corrected chi connectivity index (χ0v) is 9.60. The van der Waals surface area contributed by atoms with Crippen molar-refractivity contribution < 1.29 is 24.9 Å². The van der Waals surface area contributed by atoms with E-state index in [9.17, 15) is 4.79 Å². The molecule has 3 N–H and O–H groups in total. The fourth-order valence-electron chi connectivity index (χ4n) is 0.231. The van der Waals surface area contributed by atoms with Gasteiger partial charge in [-0.15, -0.1) is 26.3 Å². The summed E-state index contributed by atoms with van der Waals surface area (Å²) >= 11 is 0. The molecule has 0 saturated heterocycles. The van der Waals surface area contributed by atoms with Crippen molar-refractivity contribution in [2.24, 2.45) is 0 Å². The first-order chi connectivity index (χ1) is 7.68. The lowest BCUT2D eigenvalue weighted by atomic mass is 10.7. The molecule has 0 aromatic heterocycles. The van der Waals surface area contributed by atoms with Crippen molar-refractivity contribution in [3.63, 3.8) is 0 Å². The molecule has 0 rings (SSSR count). The molecule has 16 heavy (non-hydrogen) atoms. The predicted octanol–water partition coefficient (Wildman–Crippen LogP) is 0.849. The number of carboxylic acid groups (broad SMARTS) is 1. The van der Waals surface area contributed by atoms with E-state index >= 15 is 0 Å². The van der Waals surface area contributed by atoms with E-state index in [1.165, 1.54) is 0 Å². The predicted molar refractivity (Wildman–Crippen MR) is 65.3 cm³/mol. The summed E-state index contributed by atoms with van der Waals surface area (Å²) in [5.74, 6) is -0.981. The van der Waals surface area contributed by atoms with Gasteiger partial charge in [0.05, 0.1) is 26.4 Å². The topological polar surface area (TPSA) is 87.0 Å². The summed E-state index contributed by atoms with van der Waals surface area (Å²) in [5.41, 5.74) is 0. The van der Waals surface area contributed by atoms with Gasteiger partial charge in [0.15, 0.2) is 0 Å². The lowest BCUT2D eigenvalue weighted by Gasteiger charge is -1.94. The summed E-state index contributed by atoms with van der Waals surface area (Å²) in [5, 5.41) is 23.8. The van der Waals surface area contributed by atoms with Crippen molar-refractivity contribution in [3.8, 4) is 0 Å². The van der Waals surface area contributed by atoms with Crippen LogP contribution < -0.4 is 0 Å². The molecule has 5 heteroatoms. The molecule has 0 spiro atoms. The highest BCUT2D eigenvalue weighted by atomic mass is 16.5. The van der Waals surface area contributed by atoms with Crippen molar-refractivity contribution in [2.75, 3.05) is 26.4 Å². The summed E-state index contributed by atoms with van der Waals surface area (Å²) in [6.07, 6.45) is 0.833.